The zero-order chi connectivity index (χ0) is 11.3. The highest BCUT2D eigenvalue weighted by atomic mass is 16.5. The van der Waals surface area contributed by atoms with Crippen LogP contribution >= 0.6 is 0 Å². The molecule has 0 spiro atoms. The van der Waals surface area contributed by atoms with E-state index in [0.717, 1.165) is 12.0 Å². The van der Waals surface area contributed by atoms with Crippen molar-refractivity contribution in [2.45, 2.75) is 32.3 Å². The van der Waals surface area contributed by atoms with E-state index in [-0.39, 0.29) is 0 Å². The number of methoxy groups -OCH3 is 1. The van der Waals surface area contributed by atoms with Gasteiger partial charge in [-0.05, 0) is 24.5 Å². The number of hydrogen-bond donors (Lipinski definition) is 1. The Labute approximate surface area is 91.9 Å². The van der Waals surface area contributed by atoms with Crippen molar-refractivity contribution in [1.29, 1.82) is 0 Å². The lowest BCUT2D eigenvalue weighted by Crippen LogP contribution is -2.23. The van der Waals surface area contributed by atoms with Gasteiger partial charge in [-0.15, -0.1) is 0 Å². The lowest BCUT2D eigenvalue weighted by atomic mass is 9.91. The molecule has 0 bridgehead atoms. The summed E-state index contributed by atoms with van der Waals surface area (Å²) < 4.78 is 5.00. The van der Waals surface area contributed by atoms with E-state index in [2.05, 4.69) is 19.1 Å². The molecule has 2 nitrogen and oxygen atoms in total. The lowest BCUT2D eigenvalue weighted by molar-refractivity contribution is 0.0210. The van der Waals surface area contributed by atoms with Gasteiger partial charge < -0.3 is 9.84 Å². The fourth-order valence-corrected chi connectivity index (χ4v) is 1.57. The van der Waals surface area contributed by atoms with Crippen LogP contribution in [0.15, 0.2) is 24.3 Å². The van der Waals surface area contributed by atoms with Crippen molar-refractivity contribution in [3.8, 4) is 0 Å². The second-order valence-corrected chi connectivity index (χ2v) is 4.07. The molecule has 1 unspecified atom stereocenters. The predicted octanol–water partition coefficient (Wildman–Crippen LogP) is 2.49. The fourth-order valence-electron chi connectivity index (χ4n) is 1.57. The summed E-state index contributed by atoms with van der Waals surface area (Å²) in [5.74, 6) is 0. The van der Waals surface area contributed by atoms with Crippen molar-refractivity contribution in [3.05, 3.63) is 35.4 Å². The van der Waals surface area contributed by atoms with Crippen molar-refractivity contribution in [3.63, 3.8) is 0 Å². The minimum atomic E-state index is -0.790. The highest BCUT2D eigenvalue weighted by Gasteiger charge is 2.22. The van der Waals surface area contributed by atoms with E-state index in [0.29, 0.717) is 13.0 Å². The van der Waals surface area contributed by atoms with Gasteiger partial charge >= 0.3 is 0 Å². The van der Waals surface area contributed by atoms with E-state index in [4.69, 9.17) is 4.74 Å². The van der Waals surface area contributed by atoms with Crippen LogP contribution in [0.1, 0.15) is 31.4 Å². The molecule has 1 aromatic rings. The van der Waals surface area contributed by atoms with E-state index in [1.807, 2.05) is 19.1 Å². The van der Waals surface area contributed by atoms with Crippen LogP contribution in [0.2, 0.25) is 0 Å². The van der Waals surface area contributed by atoms with Crippen molar-refractivity contribution in [2.24, 2.45) is 0 Å². The molecule has 0 aromatic heterocycles. The third kappa shape index (κ3) is 3.33. The first-order valence-corrected chi connectivity index (χ1v) is 5.41. The molecule has 0 aliphatic heterocycles. The molecule has 0 aliphatic rings. The Kier molecular flexibility index (Phi) is 4.30. The third-order valence-electron chi connectivity index (χ3n) is 2.75. The normalized spacial score (nSPS) is 14.9. The lowest BCUT2D eigenvalue weighted by Gasteiger charge is -2.24. The number of rotatable bonds is 5. The fraction of sp³-hybridized carbons (Fsp3) is 0.538. The van der Waals surface area contributed by atoms with Crippen LogP contribution in [0.5, 0.6) is 0 Å². The maximum Gasteiger partial charge on any atom is 0.0890 e. The Balaban J connectivity index is 2.83. The first-order chi connectivity index (χ1) is 7.10. The van der Waals surface area contributed by atoms with Gasteiger partial charge in [0.15, 0.2) is 0 Å². The predicted molar refractivity (Wildman–Crippen MR) is 61.9 cm³/mol. The molecule has 15 heavy (non-hydrogen) atoms. The van der Waals surface area contributed by atoms with Gasteiger partial charge in [-0.1, -0.05) is 31.2 Å². The molecule has 2 heteroatoms. The quantitative estimate of drug-likeness (QED) is 0.805. The highest BCUT2D eigenvalue weighted by molar-refractivity contribution is 5.27. The van der Waals surface area contributed by atoms with Gasteiger partial charge in [0.2, 0.25) is 0 Å². The molecule has 0 saturated carbocycles. The molecular formula is C13H20O2. The van der Waals surface area contributed by atoms with Gasteiger partial charge in [0, 0.05) is 20.1 Å². The van der Waals surface area contributed by atoms with E-state index in [1.54, 1.807) is 7.11 Å². The molecule has 1 aromatic carbocycles. The molecule has 1 rings (SSSR count). The number of aliphatic hydroxyl groups is 1. The van der Waals surface area contributed by atoms with E-state index >= 15 is 0 Å². The van der Waals surface area contributed by atoms with Crippen LogP contribution in [0.4, 0.5) is 0 Å². The summed E-state index contributed by atoms with van der Waals surface area (Å²) in [6.45, 7) is 4.52. The standard InChI is InChI=1S/C13H20O2/c1-4-11-6-5-7-12(10-11)13(2,14)8-9-15-3/h5-7,10,14H,4,8-9H2,1-3H3. The van der Waals surface area contributed by atoms with Crippen molar-refractivity contribution in [1.82, 2.24) is 0 Å². The zero-order valence-corrected chi connectivity index (χ0v) is 9.79. The van der Waals surface area contributed by atoms with Crippen LogP contribution in [-0.2, 0) is 16.8 Å². The summed E-state index contributed by atoms with van der Waals surface area (Å²) in [5.41, 5.74) is 1.44. The Morgan fingerprint density at radius 3 is 2.73 bits per heavy atom. The topological polar surface area (TPSA) is 29.5 Å². The molecular weight excluding hydrogens is 188 g/mol. The van der Waals surface area contributed by atoms with Crippen LogP contribution in [-0.4, -0.2) is 18.8 Å². The smallest absolute Gasteiger partial charge is 0.0890 e. The van der Waals surface area contributed by atoms with Crippen molar-refractivity contribution in [2.75, 3.05) is 13.7 Å². The molecule has 0 fully saturated rings. The minimum Gasteiger partial charge on any atom is -0.385 e. The van der Waals surface area contributed by atoms with E-state index < -0.39 is 5.60 Å². The number of benzene rings is 1. The van der Waals surface area contributed by atoms with Crippen LogP contribution in [0, 0.1) is 0 Å². The Morgan fingerprint density at radius 1 is 1.40 bits per heavy atom. The van der Waals surface area contributed by atoms with Crippen LogP contribution in [0.25, 0.3) is 0 Å². The summed E-state index contributed by atoms with van der Waals surface area (Å²) in [6, 6.07) is 8.11. The Morgan fingerprint density at radius 2 is 2.13 bits per heavy atom. The molecule has 0 aliphatic carbocycles. The van der Waals surface area contributed by atoms with Crippen molar-refractivity contribution < 1.29 is 9.84 Å². The first kappa shape index (κ1) is 12.2. The Bertz CT molecular complexity index is 305. The number of ether oxygens (including phenoxy) is 1. The average molecular weight is 208 g/mol. The average Bonchev–Trinajstić information content (AvgIpc) is 2.26. The monoisotopic (exact) mass is 208 g/mol. The summed E-state index contributed by atoms with van der Waals surface area (Å²) in [4.78, 5) is 0. The maximum atomic E-state index is 10.3. The molecule has 0 amide bonds. The molecule has 0 saturated heterocycles. The molecule has 1 N–H and O–H groups in total. The molecule has 0 heterocycles. The van der Waals surface area contributed by atoms with Gasteiger partial charge in [-0.3, -0.25) is 0 Å². The van der Waals surface area contributed by atoms with E-state index in [9.17, 15) is 5.11 Å². The second kappa shape index (κ2) is 5.29. The third-order valence-corrected chi connectivity index (χ3v) is 2.75. The molecule has 0 radical (unpaired) electrons. The van der Waals surface area contributed by atoms with Gasteiger partial charge in [-0.2, -0.15) is 0 Å². The van der Waals surface area contributed by atoms with E-state index in [1.165, 1.54) is 5.56 Å². The maximum absolute atomic E-state index is 10.3. The second-order valence-electron chi connectivity index (χ2n) is 4.07. The summed E-state index contributed by atoms with van der Waals surface area (Å²) in [5, 5.41) is 10.3. The first-order valence-electron chi connectivity index (χ1n) is 5.41. The van der Waals surface area contributed by atoms with Crippen LogP contribution < -0.4 is 0 Å². The van der Waals surface area contributed by atoms with Crippen molar-refractivity contribution >= 4 is 0 Å². The van der Waals surface area contributed by atoms with Gasteiger partial charge in [0.05, 0.1) is 5.60 Å². The Hall–Kier alpha value is -0.860. The zero-order valence-electron chi connectivity index (χ0n) is 9.79. The van der Waals surface area contributed by atoms with Gasteiger partial charge in [-0.25, -0.2) is 0 Å². The SMILES string of the molecule is CCc1cccc(C(C)(O)CCOC)c1. The number of aryl methyl sites for hydroxylation is 1. The molecule has 84 valence electrons. The summed E-state index contributed by atoms with van der Waals surface area (Å²) in [7, 11) is 1.65. The van der Waals surface area contributed by atoms with Gasteiger partial charge in [0.1, 0.15) is 0 Å². The largest absolute Gasteiger partial charge is 0.385 e. The van der Waals surface area contributed by atoms with Crippen LogP contribution in [0.3, 0.4) is 0 Å². The minimum absolute atomic E-state index is 0.573. The summed E-state index contributed by atoms with van der Waals surface area (Å²) in [6.07, 6.45) is 1.62. The number of hydrogen-bond acceptors (Lipinski definition) is 2. The molecule has 1 atom stereocenters. The van der Waals surface area contributed by atoms with Gasteiger partial charge in [0.25, 0.3) is 0 Å². The summed E-state index contributed by atoms with van der Waals surface area (Å²) >= 11 is 0. The highest BCUT2D eigenvalue weighted by Crippen LogP contribution is 2.25.